The Kier molecular flexibility index (Phi) is 2.68. The molecule has 0 spiro atoms. The van der Waals surface area contributed by atoms with E-state index in [-0.39, 0.29) is 11.8 Å². The van der Waals surface area contributed by atoms with Crippen molar-refractivity contribution in [3.05, 3.63) is 35.9 Å². The van der Waals surface area contributed by atoms with Gasteiger partial charge in [-0.05, 0) is 23.7 Å². The van der Waals surface area contributed by atoms with Gasteiger partial charge in [0.05, 0.1) is 0 Å². The van der Waals surface area contributed by atoms with Crippen LogP contribution in [0.2, 0.25) is 0 Å². The van der Waals surface area contributed by atoms with Crippen molar-refractivity contribution in [2.75, 3.05) is 0 Å². The minimum absolute atomic E-state index is 0.0706. The molecule has 1 heterocycles. The van der Waals surface area contributed by atoms with Crippen LogP contribution < -0.4 is 10.6 Å². The quantitative estimate of drug-likeness (QED) is 0.763. The van der Waals surface area contributed by atoms with E-state index in [0.29, 0.717) is 5.11 Å². The molecule has 1 saturated heterocycles. The molecule has 84 valence electrons. The minimum atomic E-state index is -0.724. The van der Waals surface area contributed by atoms with Crippen LogP contribution in [0, 0.1) is 5.92 Å². The van der Waals surface area contributed by atoms with E-state index in [0.717, 1.165) is 5.56 Å². The predicted octanol–water partition coefficient (Wildman–Crippen LogP) is 1.54. The molecule has 1 unspecified atom stereocenters. The van der Waals surface area contributed by atoms with Gasteiger partial charge in [-0.2, -0.15) is 0 Å². The summed E-state index contributed by atoms with van der Waals surface area (Å²) in [5, 5.41) is 6.18. The van der Waals surface area contributed by atoms with Crippen LogP contribution in [0.25, 0.3) is 0 Å². The van der Waals surface area contributed by atoms with Gasteiger partial charge >= 0.3 is 0 Å². The first-order valence-corrected chi connectivity index (χ1v) is 5.67. The van der Waals surface area contributed by atoms with Crippen molar-refractivity contribution >= 4 is 23.2 Å². The van der Waals surface area contributed by atoms with Crippen LogP contribution >= 0.6 is 12.2 Å². The van der Waals surface area contributed by atoms with Gasteiger partial charge in [0.1, 0.15) is 5.54 Å². The van der Waals surface area contributed by atoms with E-state index >= 15 is 0 Å². The molecule has 1 aromatic carbocycles. The summed E-state index contributed by atoms with van der Waals surface area (Å²) in [4.78, 5) is 12.1. The van der Waals surface area contributed by atoms with Crippen molar-refractivity contribution in [3.63, 3.8) is 0 Å². The third-order valence-electron chi connectivity index (χ3n) is 2.99. The lowest BCUT2D eigenvalue weighted by Gasteiger charge is -2.31. The first-order valence-electron chi connectivity index (χ1n) is 5.26. The van der Waals surface area contributed by atoms with Gasteiger partial charge in [0.15, 0.2) is 5.11 Å². The predicted molar refractivity (Wildman–Crippen MR) is 66.8 cm³/mol. The van der Waals surface area contributed by atoms with E-state index in [2.05, 4.69) is 10.6 Å². The molecule has 3 nitrogen and oxygen atoms in total. The van der Waals surface area contributed by atoms with E-state index in [9.17, 15) is 4.79 Å². The fourth-order valence-electron chi connectivity index (χ4n) is 2.11. The van der Waals surface area contributed by atoms with E-state index in [1.165, 1.54) is 0 Å². The Balaban J connectivity index is 2.53. The second-order valence-corrected chi connectivity index (χ2v) is 4.65. The summed E-state index contributed by atoms with van der Waals surface area (Å²) in [6.45, 7) is 4.01. The van der Waals surface area contributed by atoms with Crippen molar-refractivity contribution in [1.29, 1.82) is 0 Å². The highest BCUT2D eigenvalue weighted by Gasteiger charge is 2.48. The number of hydrogen-bond donors (Lipinski definition) is 2. The number of carbonyl (C=O) groups excluding carboxylic acids is 1. The van der Waals surface area contributed by atoms with Crippen LogP contribution in [-0.4, -0.2) is 11.0 Å². The molecule has 2 rings (SSSR count). The Labute approximate surface area is 100 Å². The summed E-state index contributed by atoms with van der Waals surface area (Å²) in [7, 11) is 0. The van der Waals surface area contributed by atoms with Gasteiger partial charge in [-0.3, -0.25) is 4.79 Å². The van der Waals surface area contributed by atoms with Gasteiger partial charge in [-0.15, -0.1) is 0 Å². The summed E-state index contributed by atoms with van der Waals surface area (Å²) < 4.78 is 0. The fraction of sp³-hybridized carbons (Fsp3) is 0.333. The standard InChI is InChI=1S/C12H14N2OS/c1-8(2)12(9-6-4-3-5-7-9)10(15)13-11(16)14-12/h3-8H,1-2H3,(H2,13,14,15,16). The van der Waals surface area contributed by atoms with Crippen LogP contribution in [0.3, 0.4) is 0 Å². The Morgan fingerprint density at radius 3 is 2.31 bits per heavy atom. The zero-order valence-electron chi connectivity index (χ0n) is 9.28. The molecule has 0 aliphatic carbocycles. The van der Waals surface area contributed by atoms with Gasteiger partial charge in [0, 0.05) is 0 Å². The van der Waals surface area contributed by atoms with Crippen LogP contribution in [0.1, 0.15) is 19.4 Å². The number of benzene rings is 1. The van der Waals surface area contributed by atoms with Crippen molar-refractivity contribution in [3.8, 4) is 0 Å². The first kappa shape index (κ1) is 11.1. The zero-order valence-corrected chi connectivity index (χ0v) is 10.1. The average molecular weight is 234 g/mol. The number of carbonyl (C=O) groups is 1. The summed E-state index contributed by atoms with van der Waals surface area (Å²) >= 11 is 5.02. The third-order valence-corrected chi connectivity index (χ3v) is 3.20. The summed E-state index contributed by atoms with van der Waals surface area (Å²) in [5.41, 5.74) is 0.223. The molecule has 1 aliphatic heterocycles. The second kappa shape index (κ2) is 3.87. The van der Waals surface area contributed by atoms with Crippen LogP contribution in [0.5, 0.6) is 0 Å². The second-order valence-electron chi connectivity index (χ2n) is 4.24. The molecule has 0 radical (unpaired) electrons. The highest BCUT2D eigenvalue weighted by Crippen LogP contribution is 2.32. The average Bonchev–Trinajstić information content (AvgIpc) is 2.56. The van der Waals surface area contributed by atoms with Gasteiger partial charge in [-0.1, -0.05) is 44.2 Å². The van der Waals surface area contributed by atoms with E-state index < -0.39 is 5.54 Å². The van der Waals surface area contributed by atoms with Gasteiger partial charge in [0.2, 0.25) is 0 Å². The number of hydrogen-bond acceptors (Lipinski definition) is 2. The molecule has 1 aliphatic rings. The van der Waals surface area contributed by atoms with E-state index in [1.807, 2.05) is 44.2 Å². The zero-order chi connectivity index (χ0) is 11.8. The highest BCUT2D eigenvalue weighted by atomic mass is 32.1. The lowest BCUT2D eigenvalue weighted by molar-refractivity contribution is -0.125. The lowest BCUT2D eigenvalue weighted by atomic mass is 9.80. The van der Waals surface area contributed by atoms with Crippen molar-refractivity contribution < 1.29 is 4.79 Å². The van der Waals surface area contributed by atoms with Gasteiger partial charge < -0.3 is 10.6 Å². The van der Waals surface area contributed by atoms with Gasteiger partial charge in [0.25, 0.3) is 5.91 Å². The fourth-order valence-corrected chi connectivity index (χ4v) is 2.37. The molecule has 2 N–H and O–H groups in total. The molecular weight excluding hydrogens is 220 g/mol. The Bertz CT molecular complexity index is 430. The molecule has 1 fully saturated rings. The highest BCUT2D eigenvalue weighted by molar-refractivity contribution is 7.80. The Hall–Kier alpha value is -1.42. The molecule has 0 bridgehead atoms. The van der Waals surface area contributed by atoms with Crippen LogP contribution in [-0.2, 0) is 10.3 Å². The normalized spacial score (nSPS) is 24.4. The molecule has 1 aromatic rings. The number of rotatable bonds is 2. The largest absolute Gasteiger partial charge is 0.344 e. The Morgan fingerprint density at radius 1 is 1.25 bits per heavy atom. The summed E-state index contributed by atoms with van der Waals surface area (Å²) in [5.74, 6) is 0.0500. The van der Waals surface area contributed by atoms with Gasteiger partial charge in [-0.25, -0.2) is 0 Å². The van der Waals surface area contributed by atoms with Crippen LogP contribution in [0.15, 0.2) is 30.3 Å². The number of amides is 1. The summed E-state index contributed by atoms with van der Waals surface area (Å²) in [6, 6.07) is 9.68. The third kappa shape index (κ3) is 1.50. The first-order chi connectivity index (χ1) is 7.57. The maximum atomic E-state index is 12.1. The number of thiocarbonyl (C=S) groups is 1. The molecule has 1 amide bonds. The van der Waals surface area contributed by atoms with Crippen molar-refractivity contribution in [1.82, 2.24) is 10.6 Å². The molecule has 0 aromatic heterocycles. The van der Waals surface area contributed by atoms with Crippen LogP contribution in [0.4, 0.5) is 0 Å². The maximum Gasteiger partial charge on any atom is 0.256 e. The maximum absolute atomic E-state index is 12.1. The number of nitrogens with one attached hydrogen (secondary N) is 2. The smallest absolute Gasteiger partial charge is 0.256 e. The van der Waals surface area contributed by atoms with E-state index in [4.69, 9.17) is 12.2 Å². The topological polar surface area (TPSA) is 41.1 Å². The van der Waals surface area contributed by atoms with Crippen molar-refractivity contribution in [2.45, 2.75) is 19.4 Å². The SMILES string of the molecule is CC(C)C1(c2ccccc2)NC(=S)NC1=O. The molecule has 1 atom stereocenters. The molecule has 16 heavy (non-hydrogen) atoms. The minimum Gasteiger partial charge on any atom is -0.344 e. The monoisotopic (exact) mass is 234 g/mol. The lowest BCUT2D eigenvalue weighted by Crippen LogP contribution is -2.48. The van der Waals surface area contributed by atoms with Crippen molar-refractivity contribution in [2.24, 2.45) is 5.92 Å². The van der Waals surface area contributed by atoms with E-state index in [1.54, 1.807) is 0 Å². The molecule has 0 saturated carbocycles. The molecule has 4 heteroatoms. The molecular formula is C12H14N2OS. The Morgan fingerprint density at radius 2 is 1.88 bits per heavy atom. The summed E-state index contributed by atoms with van der Waals surface area (Å²) in [6.07, 6.45) is 0.